The fourth-order valence-electron chi connectivity index (χ4n) is 3.53. The molecule has 88 valence electrons. The normalized spacial score (nSPS) is 30.8. The Morgan fingerprint density at radius 3 is 2.94 bits per heavy atom. The van der Waals surface area contributed by atoms with Crippen molar-refractivity contribution >= 4 is 11.5 Å². The van der Waals surface area contributed by atoms with Crippen molar-refractivity contribution in [2.75, 3.05) is 0 Å². The fraction of sp³-hybridized carbons (Fsp3) is 0.400. The number of carbonyl (C=O) groups is 1. The first-order chi connectivity index (χ1) is 8.13. The first-order valence-electron chi connectivity index (χ1n) is 6.21. The Morgan fingerprint density at radius 1 is 1.41 bits per heavy atom. The minimum atomic E-state index is -0.475. The zero-order valence-corrected chi connectivity index (χ0v) is 9.91. The number of carbonyl (C=O) groups excluding carboxylic acids is 1. The minimum Gasteiger partial charge on any atom is -0.369 e. The lowest BCUT2D eigenvalue weighted by atomic mass is 9.75. The maximum atomic E-state index is 11.9. The van der Waals surface area contributed by atoms with Crippen LogP contribution >= 0.6 is 0 Å². The molecule has 1 aromatic rings. The molecule has 0 aliphatic heterocycles. The second-order valence-corrected chi connectivity index (χ2v) is 5.40. The van der Waals surface area contributed by atoms with Crippen molar-refractivity contribution in [2.45, 2.75) is 25.7 Å². The molecular weight excluding hydrogens is 210 g/mol. The molecule has 2 aliphatic rings. The van der Waals surface area contributed by atoms with Crippen LogP contribution in [0.3, 0.4) is 0 Å². The molecule has 1 fully saturated rings. The van der Waals surface area contributed by atoms with Gasteiger partial charge in [0.05, 0.1) is 5.41 Å². The summed E-state index contributed by atoms with van der Waals surface area (Å²) in [5.41, 5.74) is 8.60. The van der Waals surface area contributed by atoms with Crippen LogP contribution in [0.15, 0.2) is 30.8 Å². The van der Waals surface area contributed by atoms with Gasteiger partial charge in [0.2, 0.25) is 5.91 Å². The molecule has 2 nitrogen and oxygen atoms in total. The van der Waals surface area contributed by atoms with Crippen molar-refractivity contribution in [1.82, 2.24) is 0 Å². The highest BCUT2D eigenvalue weighted by Gasteiger charge is 2.48. The number of fused-ring (bicyclic) bond motifs is 3. The molecule has 2 heteroatoms. The highest BCUT2D eigenvalue weighted by molar-refractivity contribution is 5.96. The van der Waals surface area contributed by atoms with Gasteiger partial charge in [0.25, 0.3) is 0 Å². The average molecular weight is 227 g/mol. The van der Waals surface area contributed by atoms with Crippen molar-refractivity contribution in [3.05, 3.63) is 42.0 Å². The minimum absolute atomic E-state index is 0.193. The molecule has 2 aliphatic carbocycles. The lowest BCUT2D eigenvalue weighted by Crippen LogP contribution is -2.35. The van der Waals surface area contributed by atoms with Crippen LogP contribution in [-0.4, -0.2) is 5.91 Å². The molecule has 0 spiro atoms. The maximum absolute atomic E-state index is 11.9. The SMILES string of the molecule is C=C1c2ccccc2CC2CCC1(C(N)=O)C2. The quantitative estimate of drug-likeness (QED) is 0.787. The topological polar surface area (TPSA) is 43.1 Å². The van der Waals surface area contributed by atoms with E-state index in [-0.39, 0.29) is 5.91 Å². The van der Waals surface area contributed by atoms with Gasteiger partial charge >= 0.3 is 0 Å². The Bertz CT molecular complexity index is 505. The van der Waals surface area contributed by atoms with Crippen molar-refractivity contribution in [2.24, 2.45) is 17.1 Å². The van der Waals surface area contributed by atoms with Crippen molar-refractivity contribution in [1.29, 1.82) is 0 Å². The summed E-state index contributed by atoms with van der Waals surface area (Å²) in [6, 6.07) is 8.29. The molecule has 0 saturated heterocycles. The van der Waals surface area contributed by atoms with E-state index >= 15 is 0 Å². The van der Waals surface area contributed by atoms with Crippen LogP contribution in [-0.2, 0) is 11.2 Å². The number of nitrogens with two attached hydrogens (primary N) is 1. The van der Waals surface area contributed by atoms with Gasteiger partial charge in [0, 0.05) is 0 Å². The maximum Gasteiger partial charge on any atom is 0.228 e. The first kappa shape index (κ1) is 10.6. The van der Waals surface area contributed by atoms with E-state index < -0.39 is 5.41 Å². The van der Waals surface area contributed by atoms with E-state index in [0.717, 1.165) is 36.8 Å². The van der Waals surface area contributed by atoms with Crippen LogP contribution in [0, 0.1) is 11.3 Å². The molecule has 17 heavy (non-hydrogen) atoms. The highest BCUT2D eigenvalue weighted by atomic mass is 16.1. The molecule has 3 rings (SSSR count). The molecular formula is C15H17NO. The monoisotopic (exact) mass is 227 g/mol. The molecule has 1 saturated carbocycles. The summed E-state index contributed by atoms with van der Waals surface area (Å²) in [5, 5.41) is 0. The van der Waals surface area contributed by atoms with Crippen molar-refractivity contribution in [3.63, 3.8) is 0 Å². The fourth-order valence-corrected chi connectivity index (χ4v) is 3.53. The largest absolute Gasteiger partial charge is 0.369 e. The predicted molar refractivity (Wildman–Crippen MR) is 68.1 cm³/mol. The van der Waals surface area contributed by atoms with Gasteiger partial charge in [-0.25, -0.2) is 0 Å². The predicted octanol–water partition coefficient (Wildman–Crippen LogP) is 2.53. The second kappa shape index (κ2) is 3.46. The lowest BCUT2D eigenvalue weighted by Gasteiger charge is -2.28. The Labute approximate surface area is 102 Å². The summed E-state index contributed by atoms with van der Waals surface area (Å²) in [5.74, 6) is 0.393. The van der Waals surface area contributed by atoms with Gasteiger partial charge in [-0.2, -0.15) is 0 Å². The van der Waals surface area contributed by atoms with E-state index in [9.17, 15) is 4.79 Å². The second-order valence-electron chi connectivity index (χ2n) is 5.40. The summed E-state index contributed by atoms with van der Waals surface area (Å²) >= 11 is 0. The molecule has 1 amide bonds. The van der Waals surface area contributed by atoms with E-state index in [1.807, 2.05) is 6.07 Å². The molecule has 2 N–H and O–H groups in total. The van der Waals surface area contributed by atoms with Crippen LogP contribution in [0.5, 0.6) is 0 Å². The first-order valence-corrected chi connectivity index (χ1v) is 6.21. The zero-order valence-electron chi connectivity index (χ0n) is 9.91. The van der Waals surface area contributed by atoms with Gasteiger partial charge in [-0.1, -0.05) is 30.8 Å². The Kier molecular flexibility index (Phi) is 2.15. The number of benzene rings is 1. The van der Waals surface area contributed by atoms with E-state index in [1.165, 1.54) is 5.56 Å². The van der Waals surface area contributed by atoms with Gasteiger partial charge in [0.1, 0.15) is 0 Å². The molecule has 0 aromatic heterocycles. The number of hydrogen-bond acceptors (Lipinski definition) is 1. The van der Waals surface area contributed by atoms with E-state index in [2.05, 4.69) is 24.8 Å². The van der Waals surface area contributed by atoms with Crippen LogP contribution in [0.1, 0.15) is 30.4 Å². The third-order valence-corrected chi connectivity index (χ3v) is 4.52. The van der Waals surface area contributed by atoms with Gasteiger partial charge in [-0.3, -0.25) is 4.79 Å². The van der Waals surface area contributed by atoms with Crippen molar-refractivity contribution < 1.29 is 4.79 Å². The van der Waals surface area contributed by atoms with E-state index in [4.69, 9.17) is 5.73 Å². The summed E-state index contributed by atoms with van der Waals surface area (Å²) in [6.45, 7) is 4.19. The van der Waals surface area contributed by atoms with Gasteiger partial charge in [-0.05, 0) is 48.3 Å². The van der Waals surface area contributed by atoms with Crippen LogP contribution in [0.25, 0.3) is 5.57 Å². The van der Waals surface area contributed by atoms with Gasteiger partial charge in [-0.15, -0.1) is 0 Å². The standard InChI is InChI=1S/C15H17NO/c1-10-13-5-3-2-4-12(13)8-11-6-7-15(10,9-11)14(16)17/h2-5,11H,1,6-9H2,(H2,16,17). The zero-order chi connectivity index (χ0) is 12.0. The summed E-state index contributed by atoms with van der Waals surface area (Å²) in [6.07, 6.45) is 3.91. The lowest BCUT2D eigenvalue weighted by molar-refractivity contribution is -0.124. The molecule has 2 atom stereocenters. The van der Waals surface area contributed by atoms with Gasteiger partial charge in [0.15, 0.2) is 0 Å². The third-order valence-electron chi connectivity index (χ3n) is 4.52. The molecule has 2 unspecified atom stereocenters. The Hall–Kier alpha value is -1.57. The number of rotatable bonds is 1. The van der Waals surface area contributed by atoms with Gasteiger partial charge < -0.3 is 5.73 Å². The van der Waals surface area contributed by atoms with E-state index in [1.54, 1.807) is 0 Å². The summed E-state index contributed by atoms with van der Waals surface area (Å²) < 4.78 is 0. The average Bonchev–Trinajstić information content (AvgIpc) is 2.68. The van der Waals surface area contributed by atoms with Crippen LogP contribution < -0.4 is 5.73 Å². The number of hydrogen-bond donors (Lipinski definition) is 1. The van der Waals surface area contributed by atoms with Crippen LogP contribution in [0.4, 0.5) is 0 Å². The Balaban J connectivity index is 2.18. The van der Waals surface area contributed by atoms with Crippen molar-refractivity contribution in [3.8, 4) is 0 Å². The van der Waals surface area contributed by atoms with Crippen LogP contribution in [0.2, 0.25) is 0 Å². The highest BCUT2D eigenvalue weighted by Crippen LogP contribution is 2.53. The number of primary amides is 1. The molecule has 1 aromatic carbocycles. The third kappa shape index (κ3) is 1.36. The number of amides is 1. The molecule has 0 heterocycles. The summed E-state index contributed by atoms with van der Waals surface area (Å²) in [4.78, 5) is 11.9. The summed E-state index contributed by atoms with van der Waals surface area (Å²) in [7, 11) is 0. The Morgan fingerprint density at radius 2 is 2.18 bits per heavy atom. The van der Waals surface area contributed by atoms with E-state index in [0.29, 0.717) is 5.92 Å². The molecule has 0 radical (unpaired) electrons. The smallest absolute Gasteiger partial charge is 0.228 e. The molecule has 2 bridgehead atoms.